The quantitative estimate of drug-likeness (QED) is 0.0817. The molecule has 2 heterocycles. The molecule has 0 fully saturated rings. The number of furan rings is 1. The van der Waals surface area contributed by atoms with Gasteiger partial charge in [0.1, 0.15) is 0 Å². The van der Waals surface area contributed by atoms with Gasteiger partial charge in [0.25, 0.3) is 0 Å². The minimum atomic E-state index is 0. The summed E-state index contributed by atoms with van der Waals surface area (Å²) in [7, 11) is 0. The van der Waals surface area contributed by atoms with Crippen LogP contribution in [0, 0.1) is 30.7 Å². The molecule has 0 aliphatic carbocycles. The third kappa shape index (κ3) is 9.83. The van der Waals surface area contributed by atoms with Crippen LogP contribution in [0.15, 0.2) is 83.2 Å². The molecule has 1 N–H and O–H groups in total. The van der Waals surface area contributed by atoms with E-state index in [2.05, 4.69) is 108 Å². The van der Waals surface area contributed by atoms with Gasteiger partial charge in [-0.25, -0.2) is 0 Å². The summed E-state index contributed by atoms with van der Waals surface area (Å²) in [4.78, 5) is 16.7. The first-order valence-corrected chi connectivity index (χ1v) is 18.2. The molecule has 0 saturated carbocycles. The van der Waals surface area contributed by atoms with E-state index in [1.807, 2.05) is 34.0 Å². The molecule has 0 saturated heterocycles. The normalized spacial score (nSPS) is 12.1. The first kappa shape index (κ1) is 40.9. The van der Waals surface area contributed by atoms with Gasteiger partial charge < -0.3 is 9.52 Å². The van der Waals surface area contributed by atoms with E-state index in [9.17, 15) is 9.90 Å². The number of hydrogen-bond donors (Lipinski definition) is 1. The van der Waals surface area contributed by atoms with Gasteiger partial charge in [-0.1, -0.05) is 122 Å². The van der Waals surface area contributed by atoms with E-state index in [0.29, 0.717) is 11.6 Å². The Morgan fingerprint density at radius 3 is 2.12 bits per heavy atom. The predicted octanol–water partition coefficient (Wildman–Crippen LogP) is 12.8. The monoisotopic (exact) mass is 851 g/mol. The summed E-state index contributed by atoms with van der Waals surface area (Å²) in [6, 6.07) is 25.5. The minimum Gasteiger partial charge on any atom is -0.512 e. The van der Waals surface area contributed by atoms with Crippen LogP contribution in [0.1, 0.15) is 105 Å². The number of aryl methyl sites for hydroxylation is 1. The van der Waals surface area contributed by atoms with Gasteiger partial charge in [-0.3, -0.25) is 9.78 Å². The molecule has 2 aromatic heterocycles. The zero-order chi connectivity index (χ0) is 35.9. The Kier molecular flexibility index (Phi) is 14.8. The molecule has 5 aromatic rings. The number of fused-ring (bicyclic) bond motifs is 2. The molecule has 269 valence electrons. The molecule has 0 amide bonds. The molecule has 0 aliphatic rings. The Morgan fingerprint density at radius 2 is 1.54 bits per heavy atom. The SMILES string of the molecule is CCC(CC)C(=O)/C=C(\O)C(CC)CC.Cc1coc2nc(-c3[c-]c4ccccc4c(C(C)(C)C)c3)cc(-c3ccc(CC(C)C)cc3)c12.[Ir]. The van der Waals surface area contributed by atoms with Crippen molar-refractivity contribution in [3.05, 3.63) is 102 Å². The fourth-order valence-electron chi connectivity index (χ4n) is 6.62. The Balaban J connectivity index is 0.000000361. The van der Waals surface area contributed by atoms with Crippen LogP contribution in [-0.2, 0) is 36.7 Å². The van der Waals surface area contributed by atoms with E-state index in [-0.39, 0.29) is 48.9 Å². The molecular weight excluding hydrogens is 795 g/mol. The van der Waals surface area contributed by atoms with Crippen LogP contribution in [0.25, 0.3) is 44.3 Å². The number of allylic oxidation sites excluding steroid dienone is 2. The van der Waals surface area contributed by atoms with E-state index >= 15 is 0 Å². The number of aliphatic hydroxyl groups is 1. The average molecular weight is 851 g/mol. The maximum atomic E-state index is 11.7. The van der Waals surface area contributed by atoms with Gasteiger partial charge in [0, 0.05) is 49.1 Å². The Labute approximate surface area is 314 Å². The third-order valence-corrected chi connectivity index (χ3v) is 9.58. The smallest absolute Gasteiger partial charge is 0.219 e. The Bertz CT molecular complexity index is 1880. The van der Waals surface area contributed by atoms with Crippen LogP contribution < -0.4 is 0 Å². The molecule has 50 heavy (non-hydrogen) atoms. The number of ketones is 1. The fraction of sp³-hybridized carbons (Fsp3) is 0.422. The molecule has 0 bridgehead atoms. The summed E-state index contributed by atoms with van der Waals surface area (Å²) in [5.74, 6) is 1.19. The summed E-state index contributed by atoms with van der Waals surface area (Å²) < 4.78 is 5.91. The van der Waals surface area contributed by atoms with Crippen LogP contribution >= 0.6 is 0 Å². The van der Waals surface area contributed by atoms with Crippen molar-refractivity contribution in [2.75, 3.05) is 0 Å². The molecule has 0 atom stereocenters. The van der Waals surface area contributed by atoms with Gasteiger partial charge in [0.2, 0.25) is 5.71 Å². The minimum absolute atomic E-state index is 0. The number of carbonyl (C=O) groups excluding carboxylic acids is 1. The molecule has 1 radical (unpaired) electrons. The van der Waals surface area contributed by atoms with E-state index < -0.39 is 0 Å². The maximum Gasteiger partial charge on any atom is 0.219 e. The summed E-state index contributed by atoms with van der Waals surface area (Å²) in [5, 5.41) is 13.2. The van der Waals surface area contributed by atoms with Crippen LogP contribution in [0.3, 0.4) is 0 Å². The standard InChI is InChI=1S/C32H32NO.C13H24O2.Ir/c1-20(2)15-22-11-13-23(14-12-22)27-18-29(33-31-30(27)21(3)19-34-31)25-16-24-9-7-8-10-26(24)28(17-25)32(4,5)6;1-5-10(6-2)12(14)9-13(15)11(7-3)8-4;/h7-14,17-20H,15H2,1-6H3;9-11,14H,5-8H2,1-4H3;/q-1;;/b;12-9-;. The zero-order valence-corrected chi connectivity index (χ0v) is 34.1. The first-order valence-electron chi connectivity index (χ1n) is 18.2. The fourth-order valence-corrected chi connectivity index (χ4v) is 6.62. The van der Waals surface area contributed by atoms with Gasteiger partial charge in [-0.2, -0.15) is 0 Å². The zero-order valence-electron chi connectivity index (χ0n) is 31.7. The third-order valence-electron chi connectivity index (χ3n) is 9.58. The van der Waals surface area contributed by atoms with Crippen molar-refractivity contribution in [1.82, 2.24) is 4.98 Å². The van der Waals surface area contributed by atoms with Crippen LogP contribution in [0.2, 0.25) is 0 Å². The van der Waals surface area contributed by atoms with Gasteiger partial charge in [-0.05, 0) is 72.6 Å². The van der Waals surface area contributed by atoms with Crippen molar-refractivity contribution in [2.24, 2.45) is 17.8 Å². The molecule has 4 nitrogen and oxygen atoms in total. The van der Waals surface area contributed by atoms with Crippen molar-refractivity contribution in [3.63, 3.8) is 0 Å². The van der Waals surface area contributed by atoms with Crippen molar-refractivity contribution in [2.45, 2.75) is 107 Å². The first-order chi connectivity index (χ1) is 23.3. The van der Waals surface area contributed by atoms with Crippen LogP contribution in [0.5, 0.6) is 0 Å². The second-order valence-corrected chi connectivity index (χ2v) is 14.8. The molecule has 0 aliphatic heterocycles. The Hall–Kier alpha value is -3.53. The van der Waals surface area contributed by atoms with Crippen molar-refractivity contribution < 1.29 is 34.4 Å². The molecule has 5 rings (SSSR count). The summed E-state index contributed by atoms with van der Waals surface area (Å²) in [5.41, 5.74) is 8.67. The number of hydrogen-bond acceptors (Lipinski definition) is 4. The van der Waals surface area contributed by atoms with E-state index in [1.54, 1.807) is 0 Å². The molecule has 3 aromatic carbocycles. The number of carbonyl (C=O) groups is 1. The summed E-state index contributed by atoms with van der Waals surface area (Å²) in [6.07, 6.45) is 7.80. The predicted molar refractivity (Wildman–Crippen MR) is 207 cm³/mol. The van der Waals surface area contributed by atoms with Gasteiger partial charge in [0.15, 0.2) is 5.78 Å². The number of rotatable bonds is 11. The number of nitrogens with zero attached hydrogens (tertiary/aromatic N) is 1. The molecular formula is C45H56IrNO3-. The van der Waals surface area contributed by atoms with Gasteiger partial charge in [0.05, 0.1) is 12.0 Å². The molecule has 0 spiro atoms. The van der Waals surface area contributed by atoms with Crippen LogP contribution in [0.4, 0.5) is 0 Å². The second kappa shape index (κ2) is 18.1. The van der Waals surface area contributed by atoms with Crippen molar-refractivity contribution >= 4 is 27.7 Å². The summed E-state index contributed by atoms with van der Waals surface area (Å²) in [6.45, 7) is 21.5. The van der Waals surface area contributed by atoms with Gasteiger partial charge in [-0.15, -0.1) is 29.1 Å². The maximum absolute atomic E-state index is 11.7. The van der Waals surface area contributed by atoms with Gasteiger partial charge >= 0.3 is 0 Å². The molecule has 0 unspecified atom stereocenters. The largest absolute Gasteiger partial charge is 0.512 e. The van der Waals surface area contributed by atoms with Crippen LogP contribution in [-0.4, -0.2) is 15.9 Å². The topological polar surface area (TPSA) is 63.3 Å². The van der Waals surface area contributed by atoms with E-state index in [1.165, 1.54) is 28.2 Å². The number of pyridine rings is 1. The van der Waals surface area contributed by atoms with Crippen molar-refractivity contribution in [3.8, 4) is 22.4 Å². The number of benzene rings is 3. The van der Waals surface area contributed by atoms with E-state index in [4.69, 9.17) is 9.40 Å². The number of aromatic nitrogens is 1. The Morgan fingerprint density at radius 1 is 0.920 bits per heavy atom. The molecule has 5 heteroatoms. The summed E-state index contributed by atoms with van der Waals surface area (Å²) >= 11 is 0. The number of aliphatic hydroxyl groups excluding tert-OH is 1. The van der Waals surface area contributed by atoms with Crippen molar-refractivity contribution in [1.29, 1.82) is 0 Å². The average Bonchev–Trinajstić information content (AvgIpc) is 3.45. The second-order valence-electron chi connectivity index (χ2n) is 14.8. The van der Waals surface area contributed by atoms with E-state index in [0.717, 1.165) is 65.3 Å².